The van der Waals surface area contributed by atoms with Gasteiger partial charge in [0.05, 0.1) is 5.56 Å². The molecule has 1 aliphatic rings. The number of rotatable bonds is 6. The predicted octanol–water partition coefficient (Wildman–Crippen LogP) is 2.64. The first-order valence-corrected chi connectivity index (χ1v) is 7.71. The highest BCUT2D eigenvalue weighted by molar-refractivity contribution is 6.07. The molecular weight excluding hydrogens is 280 g/mol. The number of benzene rings is 1. The quantitative estimate of drug-likeness (QED) is 0.861. The number of nitrogens with one attached hydrogen (secondary N) is 1. The Balaban J connectivity index is 1.86. The van der Waals surface area contributed by atoms with Gasteiger partial charge in [0.2, 0.25) is 0 Å². The highest BCUT2D eigenvalue weighted by Gasteiger charge is 2.30. The number of para-hydroxylation sites is 1. The number of amides is 1. The second kappa shape index (κ2) is 5.83. The largest absolute Gasteiger partial charge is 0.480 e. The number of carbonyl (C=O) groups is 2. The number of nitrogens with zero attached hydrogens (tertiary/aromatic N) is 1. The number of aliphatic carboxylic acids is 1. The summed E-state index contributed by atoms with van der Waals surface area (Å²) >= 11 is 0. The van der Waals surface area contributed by atoms with Crippen molar-refractivity contribution in [2.24, 2.45) is 5.92 Å². The van der Waals surface area contributed by atoms with Crippen LogP contribution in [0.15, 0.2) is 30.5 Å². The van der Waals surface area contributed by atoms with E-state index in [1.54, 1.807) is 6.20 Å². The molecule has 5 nitrogen and oxygen atoms in total. The summed E-state index contributed by atoms with van der Waals surface area (Å²) in [5.41, 5.74) is 1.53. The first-order chi connectivity index (χ1) is 10.6. The van der Waals surface area contributed by atoms with Crippen molar-refractivity contribution < 1.29 is 14.7 Å². The van der Waals surface area contributed by atoms with Crippen molar-refractivity contribution in [3.8, 4) is 0 Å². The van der Waals surface area contributed by atoms with E-state index in [2.05, 4.69) is 5.32 Å². The van der Waals surface area contributed by atoms with Crippen LogP contribution in [0.5, 0.6) is 0 Å². The number of carboxylic acid groups (broad SMARTS) is 1. The maximum atomic E-state index is 12.5. The van der Waals surface area contributed by atoms with Gasteiger partial charge in [0.15, 0.2) is 0 Å². The summed E-state index contributed by atoms with van der Waals surface area (Å²) in [4.78, 5) is 23.9. The van der Waals surface area contributed by atoms with Crippen LogP contribution in [0.3, 0.4) is 0 Å². The molecule has 1 heterocycles. The third-order valence-corrected chi connectivity index (χ3v) is 4.24. The Bertz CT molecular complexity index is 716. The predicted molar refractivity (Wildman–Crippen MR) is 83.8 cm³/mol. The minimum atomic E-state index is -0.959. The van der Waals surface area contributed by atoms with Gasteiger partial charge in [-0.2, -0.15) is 0 Å². The van der Waals surface area contributed by atoms with E-state index in [-0.39, 0.29) is 5.91 Å². The number of hydrogen-bond acceptors (Lipinski definition) is 2. The van der Waals surface area contributed by atoms with Crippen molar-refractivity contribution in [3.63, 3.8) is 0 Å². The molecule has 0 saturated heterocycles. The lowest BCUT2D eigenvalue weighted by molar-refractivity contribution is -0.139. The van der Waals surface area contributed by atoms with Gasteiger partial charge in [-0.05, 0) is 25.3 Å². The normalized spacial score (nSPS) is 15.7. The van der Waals surface area contributed by atoms with E-state index in [1.165, 1.54) is 0 Å². The molecule has 1 aliphatic carbocycles. The molecule has 1 unspecified atom stereocenters. The van der Waals surface area contributed by atoms with Crippen LogP contribution in [0.25, 0.3) is 10.9 Å². The monoisotopic (exact) mass is 300 g/mol. The van der Waals surface area contributed by atoms with Gasteiger partial charge in [0, 0.05) is 23.6 Å². The van der Waals surface area contributed by atoms with Crippen molar-refractivity contribution in [3.05, 3.63) is 36.0 Å². The fourth-order valence-electron chi connectivity index (χ4n) is 2.83. The van der Waals surface area contributed by atoms with Gasteiger partial charge >= 0.3 is 5.97 Å². The van der Waals surface area contributed by atoms with E-state index < -0.39 is 12.0 Å². The van der Waals surface area contributed by atoms with Crippen LogP contribution in [0, 0.1) is 5.92 Å². The van der Waals surface area contributed by atoms with Gasteiger partial charge in [-0.25, -0.2) is 4.79 Å². The smallest absolute Gasteiger partial charge is 0.326 e. The number of aryl methyl sites for hydroxylation is 1. The molecule has 1 atom stereocenters. The molecule has 1 fully saturated rings. The minimum absolute atomic E-state index is 0.309. The van der Waals surface area contributed by atoms with E-state index in [1.807, 2.05) is 35.8 Å². The van der Waals surface area contributed by atoms with Gasteiger partial charge in [0.1, 0.15) is 6.04 Å². The van der Waals surface area contributed by atoms with E-state index in [9.17, 15) is 14.7 Å². The fraction of sp³-hybridized carbons (Fsp3) is 0.412. The lowest BCUT2D eigenvalue weighted by atomic mass is 10.1. The summed E-state index contributed by atoms with van der Waals surface area (Å²) in [6.45, 7) is 2.78. The third kappa shape index (κ3) is 2.84. The molecule has 0 bridgehead atoms. The summed E-state index contributed by atoms with van der Waals surface area (Å²) in [7, 11) is 0. The SMILES string of the molecule is CCn1cc(C(=O)NC(CC2CC2)C(=O)O)c2ccccc21. The molecule has 2 N–H and O–H groups in total. The van der Waals surface area contributed by atoms with Crippen LogP contribution in [-0.4, -0.2) is 27.6 Å². The maximum Gasteiger partial charge on any atom is 0.326 e. The zero-order valence-corrected chi connectivity index (χ0v) is 12.6. The standard InChI is InChI=1S/C17H20N2O3/c1-2-19-10-13(12-5-3-4-6-15(12)19)16(20)18-14(17(21)22)9-11-7-8-11/h3-6,10-11,14H,2,7-9H2,1H3,(H,18,20)(H,21,22). The van der Waals surface area contributed by atoms with Crippen molar-refractivity contribution in [1.29, 1.82) is 0 Å². The Morgan fingerprint density at radius 1 is 1.36 bits per heavy atom. The van der Waals surface area contributed by atoms with E-state index in [4.69, 9.17) is 0 Å². The Morgan fingerprint density at radius 3 is 2.73 bits per heavy atom. The van der Waals surface area contributed by atoms with Crippen LogP contribution in [0.4, 0.5) is 0 Å². The lowest BCUT2D eigenvalue weighted by Gasteiger charge is -2.13. The zero-order chi connectivity index (χ0) is 15.7. The van der Waals surface area contributed by atoms with Crippen LogP contribution in [-0.2, 0) is 11.3 Å². The van der Waals surface area contributed by atoms with Gasteiger partial charge in [-0.3, -0.25) is 4.79 Å². The summed E-state index contributed by atoms with van der Waals surface area (Å²) in [5, 5.41) is 12.8. The molecule has 1 amide bonds. The van der Waals surface area contributed by atoms with Gasteiger partial charge in [0.25, 0.3) is 5.91 Å². The Morgan fingerprint density at radius 2 is 2.09 bits per heavy atom. The molecule has 116 valence electrons. The molecule has 22 heavy (non-hydrogen) atoms. The van der Waals surface area contributed by atoms with E-state index >= 15 is 0 Å². The molecule has 0 radical (unpaired) electrons. The Hall–Kier alpha value is -2.30. The molecule has 5 heteroatoms. The van der Waals surface area contributed by atoms with Crippen molar-refractivity contribution in [1.82, 2.24) is 9.88 Å². The number of fused-ring (bicyclic) bond motifs is 1. The maximum absolute atomic E-state index is 12.5. The van der Waals surface area contributed by atoms with Crippen molar-refractivity contribution in [2.45, 2.75) is 38.8 Å². The fourth-order valence-corrected chi connectivity index (χ4v) is 2.83. The molecular formula is C17H20N2O3. The van der Waals surface area contributed by atoms with Crippen LogP contribution < -0.4 is 5.32 Å². The Labute approximate surface area is 128 Å². The summed E-state index contributed by atoms with van der Waals surface area (Å²) in [6, 6.07) is 6.88. The number of aromatic nitrogens is 1. The topological polar surface area (TPSA) is 71.3 Å². The van der Waals surface area contributed by atoms with E-state index in [0.29, 0.717) is 17.9 Å². The van der Waals surface area contributed by atoms with E-state index in [0.717, 1.165) is 30.3 Å². The van der Waals surface area contributed by atoms with Gasteiger partial charge < -0.3 is 15.0 Å². The summed E-state index contributed by atoms with van der Waals surface area (Å²) in [6.07, 6.45) is 4.45. The average molecular weight is 300 g/mol. The van der Waals surface area contributed by atoms with Gasteiger partial charge in [-0.1, -0.05) is 31.0 Å². The van der Waals surface area contributed by atoms with Crippen molar-refractivity contribution >= 4 is 22.8 Å². The average Bonchev–Trinajstić information content (AvgIpc) is 3.24. The van der Waals surface area contributed by atoms with Crippen LogP contribution >= 0.6 is 0 Å². The second-order valence-corrected chi connectivity index (χ2v) is 5.89. The highest BCUT2D eigenvalue weighted by Crippen LogP contribution is 2.33. The zero-order valence-electron chi connectivity index (χ0n) is 12.6. The molecule has 1 saturated carbocycles. The van der Waals surface area contributed by atoms with Crippen molar-refractivity contribution in [2.75, 3.05) is 0 Å². The number of carboxylic acids is 1. The van der Waals surface area contributed by atoms with Crippen LogP contribution in [0.1, 0.15) is 36.5 Å². The molecule has 3 rings (SSSR count). The number of hydrogen-bond donors (Lipinski definition) is 2. The molecule has 0 aliphatic heterocycles. The number of carbonyl (C=O) groups excluding carboxylic acids is 1. The van der Waals surface area contributed by atoms with Crippen LogP contribution in [0.2, 0.25) is 0 Å². The second-order valence-electron chi connectivity index (χ2n) is 5.89. The Kier molecular flexibility index (Phi) is 3.88. The first kappa shape index (κ1) is 14.6. The highest BCUT2D eigenvalue weighted by atomic mass is 16.4. The lowest BCUT2D eigenvalue weighted by Crippen LogP contribution is -2.41. The first-order valence-electron chi connectivity index (χ1n) is 7.71. The molecule has 1 aromatic heterocycles. The minimum Gasteiger partial charge on any atom is -0.480 e. The molecule has 1 aromatic carbocycles. The molecule has 0 spiro atoms. The summed E-state index contributed by atoms with van der Waals surface area (Å²) in [5.74, 6) is -0.825. The van der Waals surface area contributed by atoms with Gasteiger partial charge in [-0.15, -0.1) is 0 Å². The molecule has 2 aromatic rings. The summed E-state index contributed by atoms with van der Waals surface area (Å²) < 4.78 is 2.00. The third-order valence-electron chi connectivity index (χ3n) is 4.24.